The number of Topliss-reactive ketones (excluding diaryl/α,β-unsaturated/α-hetero) is 1. The van der Waals surface area contributed by atoms with Gasteiger partial charge in [0.25, 0.3) is 0 Å². The smallest absolute Gasteiger partial charge is 0.160 e. The van der Waals surface area contributed by atoms with Crippen molar-refractivity contribution in [2.45, 2.75) is 6.92 Å². The second kappa shape index (κ2) is 2.31. The predicted octanol–water partition coefficient (Wildman–Crippen LogP) is -0.0784. The van der Waals surface area contributed by atoms with Crippen LogP contribution in [0.5, 0.6) is 0 Å². The Morgan fingerprint density at radius 3 is 1.88 bits per heavy atom. The van der Waals surface area contributed by atoms with E-state index in [1.807, 2.05) is 0 Å². The molecule has 0 N–H and O–H groups in total. The first-order valence-electron chi connectivity index (χ1n) is 2.21. The van der Waals surface area contributed by atoms with Crippen LogP contribution in [0.2, 0.25) is 0 Å². The molecule has 0 atom stereocenters. The summed E-state index contributed by atoms with van der Waals surface area (Å²) in [5.41, 5.74) is 0. The minimum atomic E-state index is -1.95. The van der Waals surface area contributed by atoms with E-state index in [-0.39, 0.29) is 5.78 Å². The van der Waals surface area contributed by atoms with Crippen LogP contribution in [0.3, 0.4) is 0 Å². The first-order valence-corrected chi connectivity index (χ1v) is 4.65. The van der Waals surface area contributed by atoms with E-state index >= 15 is 0 Å². The first kappa shape index (κ1) is 7.69. The summed E-state index contributed by atoms with van der Waals surface area (Å²) in [6.07, 6.45) is 3.07. The number of carbonyl (C=O) groups excluding carboxylic acids is 1. The third kappa shape index (κ3) is 5.69. The summed E-state index contributed by atoms with van der Waals surface area (Å²) in [6, 6.07) is 0. The molecule has 3 heteroatoms. The van der Waals surface area contributed by atoms with E-state index in [0.29, 0.717) is 0 Å². The first-order chi connectivity index (χ1) is 3.42. The number of carbonyl (C=O) groups is 1. The highest BCUT2D eigenvalue weighted by Gasteiger charge is 1.89. The molecule has 0 saturated heterocycles. The third-order valence-corrected chi connectivity index (χ3v) is 1.35. The van der Waals surface area contributed by atoms with Gasteiger partial charge in [-0.15, -0.1) is 0 Å². The van der Waals surface area contributed by atoms with Crippen molar-refractivity contribution in [3.05, 3.63) is 0 Å². The van der Waals surface area contributed by atoms with Crippen molar-refractivity contribution in [1.82, 2.24) is 0 Å². The minimum Gasteiger partial charge on any atom is -0.295 e. The van der Waals surface area contributed by atoms with Crippen molar-refractivity contribution in [2.75, 3.05) is 12.5 Å². The monoisotopic (exact) mass is 134 g/mol. The van der Waals surface area contributed by atoms with Gasteiger partial charge in [0.2, 0.25) is 0 Å². The van der Waals surface area contributed by atoms with E-state index in [9.17, 15) is 9.00 Å². The van der Waals surface area contributed by atoms with Gasteiger partial charge in [-0.3, -0.25) is 9.00 Å². The summed E-state index contributed by atoms with van der Waals surface area (Å²) < 4.78 is 10.7. The van der Waals surface area contributed by atoms with Crippen LogP contribution >= 0.6 is 0 Å². The van der Waals surface area contributed by atoms with Gasteiger partial charge in [0.15, 0.2) is 5.78 Å². The van der Waals surface area contributed by atoms with Crippen molar-refractivity contribution < 1.29 is 9.00 Å². The third-order valence-electron chi connectivity index (χ3n) is 0.450. The molecule has 0 fully saturated rings. The molecule has 0 rings (SSSR count). The Morgan fingerprint density at radius 2 is 1.88 bits per heavy atom. The van der Waals surface area contributed by atoms with Crippen LogP contribution in [0.1, 0.15) is 6.92 Å². The van der Waals surface area contributed by atoms with E-state index in [4.69, 9.17) is 0 Å². The van der Waals surface area contributed by atoms with Crippen LogP contribution < -0.4 is 0 Å². The molecule has 0 aliphatic rings. The molecule has 0 aromatic rings. The molecule has 0 saturated carbocycles. The van der Waals surface area contributed by atoms with Gasteiger partial charge < -0.3 is 0 Å². The highest BCUT2D eigenvalue weighted by Crippen LogP contribution is 1.73. The molecular weight excluding hydrogens is 124 g/mol. The number of hydrogen-bond donors (Lipinski definition) is 0. The molecule has 0 aliphatic carbocycles. The van der Waals surface area contributed by atoms with Crippen LogP contribution in [0, 0.1) is 0 Å². The number of rotatable bonds is 1. The molecule has 0 radical (unpaired) electrons. The van der Waals surface area contributed by atoms with E-state index in [2.05, 4.69) is 0 Å². The Bertz CT molecular complexity index is 188. The quantitative estimate of drug-likeness (QED) is 0.470. The zero-order valence-corrected chi connectivity index (χ0v) is 6.12. The molecule has 0 aromatic carbocycles. The fourth-order valence-electron chi connectivity index (χ4n) is 0.400. The Morgan fingerprint density at radius 1 is 1.50 bits per heavy atom. The largest absolute Gasteiger partial charge is 0.295 e. The van der Waals surface area contributed by atoms with Crippen molar-refractivity contribution in [1.29, 1.82) is 0 Å². The molecule has 0 spiro atoms. The van der Waals surface area contributed by atoms with E-state index in [1.54, 1.807) is 0 Å². The maximum absolute atomic E-state index is 10.7. The van der Waals surface area contributed by atoms with Crippen LogP contribution in [-0.4, -0.2) is 27.9 Å². The Balaban J connectivity index is 4.44. The highest BCUT2D eigenvalue weighted by molar-refractivity contribution is 8.01. The van der Waals surface area contributed by atoms with Gasteiger partial charge >= 0.3 is 0 Å². The van der Waals surface area contributed by atoms with Gasteiger partial charge in [-0.25, -0.2) is 0 Å². The molecule has 8 heavy (non-hydrogen) atoms. The average molecular weight is 134 g/mol. The molecule has 0 aromatic heterocycles. The lowest BCUT2D eigenvalue weighted by atomic mass is 10.5. The zero-order valence-electron chi connectivity index (χ0n) is 5.30. The van der Waals surface area contributed by atoms with E-state index < -0.39 is 9.52 Å². The maximum Gasteiger partial charge on any atom is 0.160 e. The number of ketones is 1. The summed E-state index contributed by atoms with van der Waals surface area (Å²) in [5, 5.41) is 1.24. The molecule has 0 unspecified atom stereocenters. The van der Waals surface area contributed by atoms with Gasteiger partial charge in [-0.1, -0.05) is 0 Å². The summed E-state index contributed by atoms with van der Waals surface area (Å²) in [4.78, 5) is 10.2. The van der Waals surface area contributed by atoms with Gasteiger partial charge in [-0.05, 0) is 16.4 Å². The molecule has 0 aliphatic heterocycles. The van der Waals surface area contributed by atoms with Crippen molar-refractivity contribution >= 4 is 20.7 Å². The van der Waals surface area contributed by atoms with Gasteiger partial charge in [0.05, 0.1) is 0 Å². The normalized spacial score (nSPS) is 10.9. The molecule has 0 bridgehead atoms. The summed E-state index contributed by atoms with van der Waals surface area (Å²) >= 11 is 0. The Labute approximate surface area is 49.9 Å². The van der Waals surface area contributed by atoms with Crippen LogP contribution in [0.4, 0.5) is 0 Å². The Hall–Kier alpha value is -0.310. The van der Waals surface area contributed by atoms with E-state index in [0.717, 1.165) is 0 Å². The second-order valence-electron chi connectivity index (χ2n) is 2.04. The topological polar surface area (TPSA) is 34.1 Å². The lowest BCUT2D eigenvalue weighted by Crippen LogP contribution is -2.03. The fourth-order valence-corrected chi connectivity index (χ4v) is 1.20. The van der Waals surface area contributed by atoms with Crippen molar-refractivity contribution in [2.24, 2.45) is 0 Å². The highest BCUT2D eigenvalue weighted by atomic mass is 32.2. The second-order valence-corrected chi connectivity index (χ2v) is 4.89. The van der Waals surface area contributed by atoms with Crippen LogP contribution in [0.15, 0.2) is 0 Å². The average Bonchev–Trinajstić information content (AvgIpc) is 1.21. The van der Waals surface area contributed by atoms with E-state index in [1.165, 1.54) is 24.8 Å². The SMILES string of the molecule is CC(=O)C=S(C)(C)=O. The van der Waals surface area contributed by atoms with Gasteiger partial charge in [0.1, 0.15) is 0 Å². The lowest BCUT2D eigenvalue weighted by molar-refractivity contribution is -0.110. The van der Waals surface area contributed by atoms with Gasteiger partial charge in [0, 0.05) is 17.9 Å². The summed E-state index contributed by atoms with van der Waals surface area (Å²) in [5.74, 6) is -0.125. The minimum absolute atomic E-state index is 0.125. The lowest BCUT2D eigenvalue weighted by Gasteiger charge is -1.87. The molecule has 0 amide bonds. The van der Waals surface area contributed by atoms with Crippen LogP contribution in [0.25, 0.3) is 0 Å². The molecule has 48 valence electrons. The van der Waals surface area contributed by atoms with Gasteiger partial charge in [-0.2, -0.15) is 0 Å². The maximum atomic E-state index is 10.7. The zero-order chi connectivity index (χ0) is 6.78. The Kier molecular flexibility index (Phi) is 2.22. The predicted molar refractivity (Wildman–Crippen MR) is 36.7 cm³/mol. The van der Waals surface area contributed by atoms with Crippen molar-refractivity contribution in [3.63, 3.8) is 0 Å². The molecule has 0 heterocycles. The molecule has 2 nitrogen and oxygen atoms in total. The summed E-state index contributed by atoms with van der Waals surface area (Å²) in [7, 11) is -1.95. The molecular formula is C5H10O2S. The van der Waals surface area contributed by atoms with Crippen molar-refractivity contribution in [3.8, 4) is 0 Å². The fraction of sp³-hybridized carbons (Fsp3) is 0.600. The van der Waals surface area contributed by atoms with Crippen LogP contribution in [-0.2, 0) is 14.3 Å². The standard InChI is InChI=1S/C5H10O2S/c1-5(6)4-8(2,3)7/h4H,1-3H3. The summed E-state index contributed by atoms with van der Waals surface area (Å²) in [6.45, 7) is 1.40. The number of hydrogen-bond acceptors (Lipinski definition) is 2.